The SMILES string of the molecule is CN=C(NCC(C)(C)N1CCOCC1)N1CCC(COC)C1. The number of aliphatic imine (C=N–C) groups is 1. The lowest BCUT2D eigenvalue weighted by Crippen LogP contribution is -2.56. The Morgan fingerprint density at radius 2 is 2.05 bits per heavy atom. The average Bonchev–Trinajstić information content (AvgIpc) is 2.98. The first-order valence-corrected chi connectivity index (χ1v) is 8.34. The Balaban J connectivity index is 1.83. The van der Waals surface area contributed by atoms with E-state index in [-0.39, 0.29) is 5.54 Å². The Morgan fingerprint density at radius 3 is 2.68 bits per heavy atom. The summed E-state index contributed by atoms with van der Waals surface area (Å²) in [5.74, 6) is 1.63. The number of morpholine rings is 1. The molecule has 0 radical (unpaired) electrons. The average molecular weight is 312 g/mol. The van der Waals surface area contributed by atoms with Gasteiger partial charge in [-0.1, -0.05) is 0 Å². The smallest absolute Gasteiger partial charge is 0.193 e. The summed E-state index contributed by atoms with van der Waals surface area (Å²) < 4.78 is 10.7. The number of nitrogens with one attached hydrogen (secondary N) is 1. The van der Waals surface area contributed by atoms with Gasteiger partial charge in [-0.3, -0.25) is 9.89 Å². The fraction of sp³-hybridized carbons (Fsp3) is 0.938. The van der Waals surface area contributed by atoms with Gasteiger partial charge in [0.1, 0.15) is 0 Å². The Kier molecular flexibility index (Phi) is 6.47. The van der Waals surface area contributed by atoms with Crippen LogP contribution in [0.1, 0.15) is 20.3 Å². The third kappa shape index (κ3) is 4.57. The maximum absolute atomic E-state index is 5.45. The van der Waals surface area contributed by atoms with Crippen molar-refractivity contribution in [1.82, 2.24) is 15.1 Å². The van der Waals surface area contributed by atoms with E-state index in [9.17, 15) is 0 Å². The minimum absolute atomic E-state index is 0.103. The summed E-state index contributed by atoms with van der Waals surface area (Å²) in [5, 5.41) is 3.56. The number of nitrogens with zero attached hydrogens (tertiary/aromatic N) is 3. The van der Waals surface area contributed by atoms with Gasteiger partial charge in [0.05, 0.1) is 19.8 Å². The van der Waals surface area contributed by atoms with Crippen LogP contribution in [0.15, 0.2) is 4.99 Å². The lowest BCUT2D eigenvalue weighted by Gasteiger charge is -2.41. The highest BCUT2D eigenvalue weighted by Gasteiger charge is 2.30. The molecule has 0 aromatic carbocycles. The first kappa shape index (κ1) is 17.5. The molecule has 0 bridgehead atoms. The summed E-state index contributed by atoms with van der Waals surface area (Å²) in [4.78, 5) is 9.30. The quantitative estimate of drug-likeness (QED) is 0.596. The third-order valence-electron chi connectivity index (χ3n) is 4.75. The Bertz CT molecular complexity index is 367. The summed E-state index contributed by atoms with van der Waals surface area (Å²) in [7, 11) is 3.65. The molecule has 0 aromatic rings. The van der Waals surface area contributed by atoms with Crippen LogP contribution in [0.5, 0.6) is 0 Å². The van der Waals surface area contributed by atoms with E-state index in [1.807, 2.05) is 7.05 Å². The molecule has 2 rings (SSSR count). The predicted octanol–water partition coefficient (Wildman–Crippen LogP) is 0.641. The first-order valence-electron chi connectivity index (χ1n) is 8.34. The Morgan fingerprint density at radius 1 is 1.32 bits per heavy atom. The fourth-order valence-corrected chi connectivity index (χ4v) is 3.30. The van der Waals surface area contributed by atoms with E-state index >= 15 is 0 Å². The summed E-state index contributed by atoms with van der Waals surface area (Å²) >= 11 is 0. The molecule has 0 spiro atoms. The van der Waals surface area contributed by atoms with Gasteiger partial charge in [0.15, 0.2) is 5.96 Å². The lowest BCUT2D eigenvalue weighted by molar-refractivity contribution is -0.00847. The van der Waals surface area contributed by atoms with Gasteiger partial charge in [0.2, 0.25) is 0 Å². The molecule has 128 valence electrons. The highest BCUT2D eigenvalue weighted by molar-refractivity contribution is 5.80. The van der Waals surface area contributed by atoms with Gasteiger partial charge in [0, 0.05) is 58.3 Å². The molecular weight excluding hydrogens is 280 g/mol. The number of guanidine groups is 1. The molecule has 6 nitrogen and oxygen atoms in total. The number of methoxy groups -OCH3 is 1. The van der Waals surface area contributed by atoms with Gasteiger partial charge in [-0.15, -0.1) is 0 Å². The van der Waals surface area contributed by atoms with Crippen molar-refractivity contribution in [3.63, 3.8) is 0 Å². The van der Waals surface area contributed by atoms with Crippen LogP contribution < -0.4 is 5.32 Å². The molecule has 2 saturated heterocycles. The number of hydrogen-bond donors (Lipinski definition) is 1. The zero-order valence-electron chi connectivity index (χ0n) is 14.6. The van der Waals surface area contributed by atoms with E-state index in [0.717, 1.165) is 58.5 Å². The fourth-order valence-electron chi connectivity index (χ4n) is 3.30. The molecule has 6 heteroatoms. The molecule has 2 heterocycles. The second kappa shape index (κ2) is 8.13. The number of rotatable bonds is 5. The van der Waals surface area contributed by atoms with Crippen LogP contribution in [-0.4, -0.2) is 88.0 Å². The van der Waals surface area contributed by atoms with Gasteiger partial charge in [-0.2, -0.15) is 0 Å². The zero-order chi connectivity index (χ0) is 16.0. The minimum atomic E-state index is 0.103. The summed E-state index contributed by atoms with van der Waals surface area (Å²) in [6, 6.07) is 0. The van der Waals surface area contributed by atoms with Crippen LogP contribution in [0.25, 0.3) is 0 Å². The lowest BCUT2D eigenvalue weighted by atomic mass is 10.0. The maximum Gasteiger partial charge on any atom is 0.193 e. The van der Waals surface area contributed by atoms with Crippen LogP contribution in [0, 0.1) is 5.92 Å². The van der Waals surface area contributed by atoms with Crippen molar-refractivity contribution in [2.75, 3.05) is 66.7 Å². The molecule has 22 heavy (non-hydrogen) atoms. The predicted molar refractivity (Wildman–Crippen MR) is 89.4 cm³/mol. The van der Waals surface area contributed by atoms with Crippen molar-refractivity contribution in [3.8, 4) is 0 Å². The molecule has 2 aliphatic rings. The van der Waals surface area contributed by atoms with Crippen molar-refractivity contribution in [1.29, 1.82) is 0 Å². The van der Waals surface area contributed by atoms with E-state index in [4.69, 9.17) is 9.47 Å². The van der Waals surface area contributed by atoms with E-state index in [1.54, 1.807) is 7.11 Å². The van der Waals surface area contributed by atoms with Crippen LogP contribution in [0.2, 0.25) is 0 Å². The van der Waals surface area contributed by atoms with Gasteiger partial charge < -0.3 is 19.7 Å². The van der Waals surface area contributed by atoms with Crippen LogP contribution >= 0.6 is 0 Å². The molecule has 1 N–H and O–H groups in total. The number of ether oxygens (including phenoxy) is 2. The highest BCUT2D eigenvalue weighted by Crippen LogP contribution is 2.18. The topological polar surface area (TPSA) is 49.3 Å². The van der Waals surface area contributed by atoms with Crippen LogP contribution in [-0.2, 0) is 9.47 Å². The standard InChI is InChI=1S/C16H32N4O2/c1-16(2,20-7-9-22-10-8-20)13-18-15(17-3)19-6-5-14(11-19)12-21-4/h14H,5-13H2,1-4H3,(H,17,18). The number of hydrogen-bond acceptors (Lipinski definition) is 4. The van der Waals surface area contributed by atoms with Crippen molar-refractivity contribution in [2.45, 2.75) is 25.8 Å². The summed E-state index contributed by atoms with van der Waals surface area (Å²) in [6.07, 6.45) is 1.18. The van der Waals surface area contributed by atoms with Gasteiger partial charge in [-0.05, 0) is 20.3 Å². The molecule has 1 atom stereocenters. The molecule has 0 saturated carbocycles. The molecule has 0 aliphatic carbocycles. The van der Waals surface area contributed by atoms with Crippen LogP contribution in [0.4, 0.5) is 0 Å². The minimum Gasteiger partial charge on any atom is -0.384 e. The monoisotopic (exact) mass is 312 g/mol. The van der Waals surface area contributed by atoms with Crippen molar-refractivity contribution >= 4 is 5.96 Å². The molecule has 1 unspecified atom stereocenters. The summed E-state index contributed by atoms with van der Waals surface area (Å²) in [5.41, 5.74) is 0.103. The normalized spacial score (nSPS) is 24.8. The Hall–Kier alpha value is -0.850. The van der Waals surface area contributed by atoms with E-state index in [2.05, 4.69) is 34.0 Å². The van der Waals surface area contributed by atoms with E-state index in [0.29, 0.717) is 5.92 Å². The molecule has 2 fully saturated rings. The van der Waals surface area contributed by atoms with E-state index in [1.165, 1.54) is 6.42 Å². The molecule has 2 aliphatic heterocycles. The zero-order valence-corrected chi connectivity index (χ0v) is 14.6. The third-order valence-corrected chi connectivity index (χ3v) is 4.75. The molecular formula is C16H32N4O2. The second-order valence-electron chi connectivity index (χ2n) is 6.87. The second-order valence-corrected chi connectivity index (χ2v) is 6.87. The maximum atomic E-state index is 5.45. The Labute approximate surface area is 134 Å². The number of likely N-dealkylation sites (tertiary alicyclic amines) is 1. The molecule has 0 amide bonds. The largest absolute Gasteiger partial charge is 0.384 e. The molecule has 0 aromatic heterocycles. The van der Waals surface area contributed by atoms with Gasteiger partial charge in [-0.25, -0.2) is 0 Å². The van der Waals surface area contributed by atoms with Gasteiger partial charge in [0.25, 0.3) is 0 Å². The highest BCUT2D eigenvalue weighted by atomic mass is 16.5. The summed E-state index contributed by atoms with van der Waals surface area (Å²) in [6.45, 7) is 12.1. The van der Waals surface area contributed by atoms with Crippen LogP contribution in [0.3, 0.4) is 0 Å². The first-order chi connectivity index (χ1) is 10.6. The van der Waals surface area contributed by atoms with E-state index < -0.39 is 0 Å². The van der Waals surface area contributed by atoms with Gasteiger partial charge >= 0.3 is 0 Å². The van der Waals surface area contributed by atoms with Crippen molar-refractivity contribution in [2.24, 2.45) is 10.9 Å². The van der Waals surface area contributed by atoms with Crippen molar-refractivity contribution < 1.29 is 9.47 Å². The van der Waals surface area contributed by atoms with Crippen molar-refractivity contribution in [3.05, 3.63) is 0 Å².